The van der Waals surface area contributed by atoms with Gasteiger partial charge in [0, 0.05) is 12.5 Å². The third-order valence-corrected chi connectivity index (χ3v) is 4.35. The quantitative estimate of drug-likeness (QED) is 0.443. The summed E-state index contributed by atoms with van der Waals surface area (Å²) < 4.78 is 0. The summed E-state index contributed by atoms with van der Waals surface area (Å²) in [7, 11) is 0. The molecule has 0 amide bonds. The minimum atomic E-state index is 0.163. The monoisotopic (exact) mass is 349 g/mol. The molecule has 0 fully saturated rings. The van der Waals surface area contributed by atoms with E-state index in [-0.39, 0.29) is 11.9 Å². The first kappa shape index (κ1) is 17.1. The highest BCUT2D eigenvalue weighted by molar-refractivity contribution is 6.33. The van der Waals surface area contributed by atoms with Crippen LogP contribution in [0.2, 0.25) is 5.02 Å². The summed E-state index contributed by atoms with van der Waals surface area (Å²) in [4.78, 5) is 0. The van der Waals surface area contributed by atoms with Gasteiger partial charge in [-0.05, 0) is 23.3 Å². The maximum atomic E-state index is 8.16. The Bertz CT molecular complexity index is 779. The number of guanidine groups is 1. The summed E-state index contributed by atoms with van der Waals surface area (Å²) in [6, 6.07) is 28.1. The first-order chi connectivity index (χ1) is 12.2. The van der Waals surface area contributed by atoms with Crippen LogP contribution < -0.4 is 10.6 Å². The molecule has 3 rings (SSSR count). The van der Waals surface area contributed by atoms with E-state index in [0.717, 1.165) is 5.69 Å². The summed E-state index contributed by atoms with van der Waals surface area (Å²) in [5.41, 5.74) is 3.15. The summed E-state index contributed by atoms with van der Waals surface area (Å²) in [6.07, 6.45) is 0. The molecule has 3 N–H and O–H groups in total. The molecule has 0 aliphatic rings. The largest absolute Gasteiger partial charge is 0.355 e. The minimum Gasteiger partial charge on any atom is -0.355 e. The van der Waals surface area contributed by atoms with Crippen molar-refractivity contribution in [1.29, 1.82) is 5.41 Å². The zero-order valence-electron chi connectivity index (χ0n) is 13.7. The standard InChI is InChI=1S/C21H20ClN3/c22-19-13-7-8-14-20(19)25-21(23)24-15-18(16-9-3-1-4-10-16)17-11-5-2-6-12-17/h1-14,18H,15H2,(H3,23,24,25). The smallest absolute Gasteiger partial charge is 0.192 e. The maximum absolute atomic E-state index is 8.16. The van der Waals surface area contributed by atoms with Crippen LogP contribution in [0.5, 0.6) is 0 Å². The Morgan fingerprint density at radius 1 is 0.800 bits per heavy atom. The number of anilines is 1. The van der Waals surface area contributed by atoms with Gasteiger partial charge in [-0.15, -0.1) is 0 Å². The number of halogens is 1. The van der Waals surface area contributed by atoms with Crippen molar-refractivity contribution in [3.63, 3.8) is 0 Å². The Morgan fingerprint density at radius 3 is 1.88 bits per heavy atom. The third kappa shape index (κ3) is 4.61. The van der Waals surface area contributed by atoms with Crippen LogP contribution >= 0.6 is 11.6 Å². The lowest BCUT2D eigenvalue weighted by molar-refractivity contribution is 0.753. The van der Waals surface area contributed by atoms with Gasteiger partial charge in [-0.2, -0.15) is 0 Å². The van der Waals surface area contributed by atoms with Crippen LogP contribution in [0, 0.1) is 5.41 Å². The average Bonchev–Trinajstić information content (AvgIpc) is 2.66. The molecule has 126 valence electrons. The second-order valence-electron chi connectivity index (χ2n) is 5.73. The zero-order chi connectivity index (χ0) is 17.5. The molecular weight excluding hydrogens is 330 g/mol. The van der Waals surface area contributed by atoms with E-state index < -0.39 is 0 Å². The van der Waals surface area contributed by atoms with Crippen LogP contribution in [0.4, 0.5) is 5.69 Å². The Balaban J connectivity index is 1.71. The van der Waals surface area contributed by atoms with Crippen molar-refractivity contribution in [2.24, 2.45) is 0 Å². The Hall–Kier alpha value is -2.78. The molecule has 0 heterocycles. The number of nitrogens with one attached hydrogen (secondary N) is 3. The van der Waals surface area contributed by atoms with Gasteiger partial charge in [0.25, 0.3) is 0 Å². The van der Waals surface area contributed by atoms with Gasteiger partial charge in [-0.25, -0.2) is 0 Å². The first-order valence-electron chi connectivity index (χ1n) is 8.18. The molecule has 25 heavy (non-hydrogen) atoms. The lowest BCUT2D eigenvalue weighted by atomic mass is 9.91. The molecule has 0 atom stereocenters. The normalized spacial score (nSPS) is 10.5. The molecule has 0 aromatic heterocycles. The van der Waals surface area contributed by atoms with Gasteiger partial charge in [0.2, 0.25) is 0 Å². The van der Waals surface area contributed by atoms with Crippen molar-refractivity contribution in [2.45, 2.75) is 5.92 Å². The fraction of sp³-hybridized carbons (Fsp3) is 0.0952. The number of hydrogen-bond donors (Lipinski definition) is 3. The van der Waals surface area contributed by atoms with Crippen LogP contribution in [0.15, 0.2) is 84.9 Å². The number of rotatable bonds is 5. The summed E-state index contributed by atoms with van der Waals surface area (Å²) in [5.74, 6) is 0.390. The molecule has 0 aliphatic heterocycles. The highest BCUT2D eigenvalue weighted by Gasteiger charge is 2.14. The van der Waals surface area contributed by atoms with E-state index in [4.69, 9.17) is 17.0 Å². The van der Waals surface area contributed by atoms with Gasteiger partial charge < -0.3 is 10.6 Å². The van der Waals surface area contributed by atoms with E-state index >= 15 is 0 Å². The first-order valence-corrected chi connectivity index (χ1v) is 8.55. The van der Waals surface area contributed by atoms with Crippen molar-refractivity contribution >= 4 is 23.2 Å². The van der Waals surface area contributed by atoms with E-state index in [2.05, 4.69) is 34.9 Å². The lowest BCUT2D eigenvalue weighted by Crippen LogP contribution is -2.33. The van der Waals surface area contributed by atoms with Gasteiger partial charge in [-0.3, -0.25) is 5.41 Å². The van der Waals surface area contributed by atoms with Crippen molar-refractivity contribution in [3.05, 3.63) is 101 Å². The molecule has 0 spiro atoms. The number of para-hydroxylation sites is 1. The van der Waals surface area contributed by atoms with Crippen LogP contribution in [-0.2, 0) is 0 Å². The molecular formula is C21H20ClN3. The van der Waals surface area contributed by atoms with E-state index in [1.807, 2.05) is 54.6 Å². The fourth-order valence-electron chi connectivity index (χ4n) is 2.74. The Morgan fingerprint density at radius 2 is 1.32 bits per heavy atom. The highest BCUT2D eigenvalue weighted by Crippen LogP contribution is 2.24. The Labute approximate surface area is 153 Å². The minimum absolute atomic E-state index is 0.163. The predicted molar refractivity (Wildman–Crippen MR) is 106 cm³/mol. The molecule has 3 aromatic rings. The van der Waals surface area contributed by atoms with Crippen molar-refractivity contribution in [3.8, 4) is 0 Å². The van der Waals surface area contributed by atoms with Gasteiger partial charge in [0.15, 0.2) is 5.96 Å². The molecule has 0 unspecified atom stereocenters. The molecule has 3 nitrogen and oxygen atoms in total. The van der Waals surface area contributed by atoms with Crippen LogP contribution in [-0.4, -0.2) is 12.5 Å². The van der Waals surface area contributed by atoms with Gasteiger partial charge >= 0.3 is 0 Å². The molecule has 3 aromatic carbocycles. The molecule has 0 bridgehead atoms. The van der Waals surface area contributed by atoms with E-state index in [9.17, 15) is 0 Å². The van der Waals surface area contributed by atoms with Crippen LogP contribution in [0.1, 0.15) is 17.0 Å². The number of benzene rings is 3. The average molecular weight is 350 g/mol. The highest BCUT2D eigenvalue weighted by atomic mass is 35.5. The van der Waals surface area contributed by atoms with Crippen LogP contribution in [0.25, 0.3) is 0 Å². The zero-order valence-corrected chi connectivity index (χ0v) is 14.5. The van der Waals surface area contributed by atoms with Crippen molar-refractivity contribution < 1.29 is 0 Å². The van der Waals surface area contributed by atoms with Gasteiger partial charge in [-0.1, -0.05) is 84.4 Å². The predicted octanol–water partition coefficient (Wildman–Crippen LogP) is 5.11. The third-order valence-electron chi connectivity index (χ3n) is 4.02. The molecule has 0 saturated heterocycles. The summed E-state index contributed by atoms with van der Waals surface area (Å²) >= 11 is 6.14. The van der Waals surface area contributed by atoms with Gasteiger partial charge in [0.1, 0.15) is 0 Å². The molecule has 0 aliphatic carbocycles. The summed E-state index contributed by atoms with van der Waals surface area (Å²) in [5, 5.41) is 14.9. The second-order valence-corrected chi connectivity index (χ2v) is 6.14. The summed E-state index contributed by atoms with van der Waals surface area (Å²) in [6.45, 7) is 0.615. The van der Waals surface area contributed by atoms with E-state index in [1.165, 1.54) is 11.1 Å². The second kappa shape index (κ2) is 8.36. The van der Waals surface area contributed by atoms with Crippen molar-refractivity contribution in [1.82, 2.24) is 5.32 Å². The molecule has 0 radical (unpaired) electrons. The number of hydrogen-bond acceptors (Lipinski definition) is 1. The van der Waals surface area contributed by atoms with Gasteiger partial charge in [0.05, 0.1) is 10.7 Å². The SMILES string of the molecule is N=C(NCC(c1ccccc1)c1ccccc1)Nc1ccccc1Cl. The molecule has 4 heteroatoms. The fourth-order valence-corrected chi connectivity index (χ4v) is 2.93. The van der Waals surface area contributed by atoms with E-state index in [0.29, 0.717) is 11.6 Å². The Kier molecular flexibility index (Phi) is 5.70. The van der Waals surface area contributed by atoms with E-state index in [1.54, 1.807) is 6.07 Å². The van der Waals surface area contributed by atoms with Crippen LogP contribution in [0.3, 0.4) is 0 Å². The molecule has 0 saturated carbocycles. The topological polar surface area (TPSA) is 47.9 Å². The lowest BCUT2D eigenvalue weighted by Gasteiger charge is -2.20. The maximum Gasteiger partial charge on any atom is 0.192 e. The van der Waals surface area contributed by atoms with Crippen molar-refractivity contribution in [2.75, 3.05) is 11.9 Å².